The highest BCUT2D eigenvalue weighted by Gasteiger charge is 2.16. The van der Waals surface area contributed by atoms with E-state index >= 15 is 0 Å². The Morgan fingerprint density at radius 2 is 2.25 bits per heavy atom. The van der Waals surface area contributed by atoms with Crippen molar-refractivity contribution < 1.29 is 18.3 Å². The van der Waals surface area contributed by atoms with E-state index in [0.29, 0.717) is 9.26 Å². The van der Waals surface area contributed by atoms with Crippen molar-refractivity contribution in [2.45, 2.75) is 19.8 Å². The van der Waals surface area contributed by atoms with Crippen molar-refractivity contribution in [1.82, 2.24) is 4.98 Å². The highest BCUT2D eigenvalue weighted by molar-refractivity contribution is 14.1. The third-order valence-corrected chi connectivity index (χ3v) is 3.01. The number of alkyl halides is 2. The Morgan fingerprint density at radius 3 is 2.75 bits per heavy atom. The maximum Gasteiger partial charge on any atom is 0.310 e. The SMILES string of the molecule is COC(=O)Cc1cc(C(F)F)c(C)nc1I. The normalized spacial score (nSPS) is 10.6. The fraction of sp³-hybridized carbons (Fsp3) is 0.400. The van der Waals surface area contributed by atoms with Crippen molar-refractivity contribution in [1.29, 1.82) is 0 Å². The number of carbonyl (C=O) groups excluding carboxylic acids is 1. The standard InChI is InChI=1S/C10H10F2INO2/c1-5-7(9(11)12)3-6(10(13)14-5)4-8(15)16-2/h3,9H,4H2,1-2H3. The summed E-state index contributed by atoms with van der Waals surface area (Å²) >= 11 is 1.91. The summed E-state index contributed by atoms with van der Waals surface area (Å²) in [4.78, 5) is 15.0. The number of hydrogen-bond acceptors (Lipinski definition) is 3. The monoisotopic (exact) mass is 341 g/mol. The first-order chi connectivity index (χ1) is 7.45. The van der Waals surface area contributed by atoms with E-state index in [9.17, 15) is 13.6 Å². The molecule has 0 bridgehead atoms. The van der Waals surface area contributed by atoms with E-state index in [1.54, 1.807) is 0 Å². The fourth-order valence-electron chi connectivity index (χ4n) is 1.21. The van der Waals surface area contributed by atoms with Gasteiger partial charge in [0.1, 0.15) is 3.70 Å². The van der Waals surface area contributed by atoms with Gasteiger partial charge in [0.15, 0.2) is 0 Å². The smallest absolute Gasteiger partial charge is 0.310 e. The van der Waals surface area contributed by atoms with Crippen LogP contribution in [0, 0.1) is 10.6 Å². The molecule has 0 aromatic carbocycles. The van der Waals surface area contributed by atoms with Gasteiger partial charge in [-0.2, -0.15) is 0 Å². The van der Waals surface area contributed by atoms with Gasteiger partial charge in [-0.15, -0.1) is 0 Å². The number of rotatable bonds is 3. The lowest BCUT2D eigenvalue weighted by atomic mass is 10.1. The largest absolute Gasteiger partial charge is 0.469 e. The highest BCUT2D eigenvalue weighted by atomic mass is 127. The Bertz CT molecular complexity index is 410. The zero-order valence-electron chi connectivity index (χ0n) is 8.76. The zero-order valence-corrected chi connectivity index (χ0v) is 10.9. The molecule has 0 saturated carbocycles. The molecule has 16 heavy (non-hydrogen) atoms. The number of carbonyl (C=O) groups is 1. The molecule has 0 atom stereocenters. The second kappa shape index (κ2) is 5.51. The molecule has 3 nitrogen and oxygen atoms in total. The molecule has 0 spiro atoms. The molecule has 6 heteroatoms. The van der Waals surface area contributed by atoms with Crippen LogP contribution < -0.4 is 0 Å². The molecule has 0 aliphatic rings. The summed E-state index contributed by atoms with van der Waals surface area (Å²) in [6.45, 7) is 1.52. The van der Waals surface area contributed by atoms with Crippen LogP contribution >= 0.6 is 22.6 Å². The summed E-state index contributed by atoms with van der Waals surface area (Å²) in [6.07, 6.45) is -2.62. The van der Waals surface area contributed by atoms with Crippen molar-refractivity contribution in [3.8, 4) is 0 Å². The summed E-state index contributed by atoms with van der Waals surface area (Å²) in [5.74, 6) is -0.469. The molecule has 0 amide bonds. The summed E-state index contributed by atoms with van der Waals surface area (Å²) in [7, 11) is 1.25. The lowest BCUT2D eigenvalue weighted by Crippen LogP contribution is -2.08. The molecule has 0 aliphatic carbocycles. The Hall–Kier alpha value is -0.790. The van der Waals surface area contributed by atoms with Gasteiger partial charge in [-0.3, -0.25) is 4.79 Å². The molecule has 88 valence electrons. The van der Waals surface area contributed by atoms with E-state index in [2.05, 4.69) is 9.72 Å². The molecule has 1 heterocycles. The molecule has 0 aliphatic heterocycles. The average molecular weight is 341 g/mol. The van der Waals surface area contributed by atoms with Crippen molar-refractivity contribution in [3.05, 3.63) is 26.6 Å². The number of esters is 1. The maximum absolute atomic E-state index is 12.6. The average Bonchev–Trinajstić information content (AvgIpc) is 2.21. The molecule has 0 radical (unpaired) electrons. The number of nitrogens with zero attached hydrogens (tertiary/aromatic N) is 1. The number of hydrogen-bond donors (Lipinski definition) is 0. The number of pyridine rings is 1. The molecular formula is C10H10F2INO2. The number of ether oxygens (including phenoxy) is 1. The fourth-order valence-corrected chi connectivity index (χ4v) is 1.92. The first-order valence-electron chi connectivity index (χ1n) is 4.46. The second-order valence-electron chi connectivity index (χ2n) is 3.17. The number of aromatic nitrogens is 1. The molecule has 1 rings (SSSR count). The van der Waals surface area contributed by atoms with Crippen molar-refractivity contribution >= 4 is 28.6 Å². The van der Waals surface area contributed by atoms with Crippen molar-refractivity contribution in [2.24, 2.45) is 0 Å². The highest BCUT2D eigenvalue weighted by Crippen LogP contribution is 2.24. The van der Waals surface area contributed by atoms with Gasteiger partial charge in [-0.25, -0.2) is 13.8 Å². The zero-order chi connectivity index (χ0) is 12.3. The van der Waals surface area contributed by atoms with E-state index < -0.39 is 12.4 Å². The predicted octanol–water partition coefficient (Wildman–Crippen LogP) is 2.65. The molecule has 0 saturated heterocycles. The molecule has 0 fully saturated rings. The van der Waals surface area contributed by atoms with E-state index in [1.807, 2.05) is 22.6 Å². The van der Waals surface area contributed by atoms with Crippen molar-refractivity contribution in [2.75, 3.05) is 7.11 Å². The van der Waals surface area contributed by atoms with Crippen LogP contribution in [0.15, 0.2) is 6.07 Å². The van der Waals surface area contributed by atoms with E-state index in [4.69, 9.17) is 0 Å². The second-order valence-corrected chi connectivity index (χ2v) is 4.19. The van der Waals surface area contributed by atoms with Crippen LogP contribution in [-0.4, -0.2) is 18.1 Å². The van der Waals surface area contributed by atoms with Gasteiger partial charge in [0, 0.05) is 11.3 Å². The lowest BCUT2D eigenvalue weighted by Gasteiger charge is -2.09. The molecular weight excluding hydrogens is 331 g/mol. The van der Waals surface area contributed by atoms with Gasteiger partial charge < -0.3 is 4.74 Å². The Kier molecular flexibility index (Phi) is 4.57. The van der Waals surface area contributed by atoms with Crippen LogP contribution in [-0.2, 0) is 16.0 Å². The van der Waals surface area contributed by atoms with E-state index in [1.165, 1.54) is 20.1 Å². The van der Waals surface area contributed by atoms with Crippen LogP contribution in [0.5, 0.6) is 0 Å². The number of aryl methyl sites for hydroxylation is 1. The lowest BCUT2D eigenvalue weighted by molar-refractivity contribution is -0.139. The molecule has 1 aromatic heterocycles. The van der Waals surface area contributed by atoms with Crippen molar-refractivity contribution in [3.63, 3.8) is 0 Å². The summed E-state index contributed by atoms with van der Waals surface area (Å²) in [5, 5.41) is 0. The van der Waals surface area contributed by atoms with Crippen LogP contribution in [0.25, 0.3) is 0 Å². The molecule has 0 unspecified atom stereocenters. The molecule has 0 N–H and O–H groups in total. The van der Waals surface area contributed by atoms with E-state index in [-0.39, 0.29) is 17.7 Å². The van der Waals surface area contributed by atoms with Crippen LogP contribution in [0.4, 0.5) is 8.78 Å². The number of methoxy groups -OCH3 is 1. The van der Waals surface area contributed by atoms with Crippen LogP contribution in [0.3, 0.4) is 0 Å². The Morgan fingerprint density at radius 1 is 1.62 bits per heavy atom. The Balaban J connectivity index is 3.09. The third-order valence-electron chi connectivity index (χ3n) is 2.08. The van der Waals surface area contributed by atoms with Gasteiger partial charge in [0.25, 0.3) is 6.43 Å². The predicted molar refractivity (Wildman–Crippen MR) is 62.4 cm³/mol. The van der Waals surface area contributed by atoms with Crippen LogP contribution in [0.1, 0.15) is 23.2 Å². The van der Waals surface area contributed by atoms with Gasteiger partial charge in [0.2, 0.25) is 0 Å². The Labute approximate surface area is 105 Å². The molecule has 1 aromatic rings. The van der Waals surface area contributed by atoms with Gasteiger partial charge in [-0.1, -0.05) is 0 Å². The minimum Gasteiger partial charge on any atom is -0.469 e. The van der Waals surface area contributed by atoms with Crippen LogP contribution in [0.2, 0.25) is 0 Å². The van der Waals surface area contributed by atoms with E-state index in [0.717, 1.165) is 0 Å². The summed E-state index contributed by atoms with van der Waals surface area (Å²) < 4.78 is 30.2. The maximum atomic E-state index is 12.6. The quantitative estimate of drug-likeness (QED) is 0.482. The van der Waals surface area contributed by atoms with Gasteiger partial charge in [-0.05, 0) is 41.1 Å². The van der Waals surface area contributed by atoms with Gasteiger partial charge >= 0.3 is 5.97 Å². The summed E-state index contributed by atoms with van der Waals surface area (Å²) in [5.41, 5.74) is 0.612. The van der Waals surface area contributed by atoms with Gasteiger partial charge in [0.05, 0.1) is 13.5 Å². The first kappa shape index (κ1) is 13.3. The first-order valence-corrected chi connectivity index (χ1v) is 5.54. The topological polar surface area (TPSA) is 39.2 Å². The minimum absolute atomic E-state index is 0.0399. The third kappa shape index (κ3) is 3.10. The summed E-state index contributed by atoms with van der Waals surface area (Å²) in [6, 6.07) is 1.31. The minimum atomic E-state index is -2.58. The number of halogens is 3.